The Morgan fingerprint density at radius 1 is 1.31 bits per heavy atom. The van der Waals surface area contributed by atoms with Crippen LogP contribution >= 0.6 is 0 Å². The van der Waals surface area contributed by atoms with Gasteiger partial charge >= 0.3 is 6.18 Å². The Morgan fingerprint density at radius 2 is 1.88 bits per heavy atom. The van der Waals surface area contributed by atoms with Crippen molar-refractivity contribution in [3.63, 3.8) is 0 Å². The van der Waals surface area contributed by atoms with Crippen molar-refractivity contribution in [2.24, 2.45) is 0 Å². The molecule has 0 fully saturated rings. The summed E-state index contributed by atoms with van der Waals surface area (Å²) in [7, 11) is 0. The first-order chi connectivity index (χ1) is 7.40. The molecule has 16 heavy (non-hydrogen) atoms. The zero-order chi connectivity index (χ0) is 12.2. The monoisotopic (exact) mass is 233 g/mol. The van der Waals surface area contributed by atoms with E-state index in [4.69, 9.17) is 0 Å². The second kappa shape index (κ2) is 4.98. The first-order valence-electron chi connectivity index (χ1n) is 4.34. The average Bonchev–Trinajstić information content (AvgIpc) is 2.17. The number of ether oxygens (including phenoxy) is 1. The Hall–Kier alpha value is -1.56. The molecular formula is C10H8F3O3-. The number of aliphatic carboxylic acids is 1. The van der Waals surface area contributed by atoms with Gasteiger partial charge in [-0.05, 0) is 5.56 Å². The maximum atomic E-state index is 11.9. The molecule has 0 amide bonds. The maximum absolute atomic E-state index is 11.9. The van der Waals surface area contributed by atoms with Crippen LogP contribution in [0.15, 0.2) is 30.3 Å². The third-order valence-electron chi connectivity index (χ3n) is 1.73. The predicted octanol–water partition coefficient (Wildman–Crippen LogP) is 1.06. The van der Waals surface area contributed by atoms with Crippen LogP contribution < -0.4 is 5.11 Å². The van der Waals surface area contributed by atoms with Gasteiger partial charge in [0.25, 0.3) is 0 Å². The summed E-state index contributed by atoms with van der Waals surface area (Å²) in [6.07, 6.45) is -6.27. The summed E-state index contributed by atoms with van der Waals surface area (Å²) in [6, 6.07) is 7.33. The Balaban J connectivity index is 2.74. The van der Waals surface area contributed by atoms with Gasteiger partial charge in [-0.25, -0.2) is 0 Å². The van der Waals surface area contributed by atoms with Crippen molar-refractivity contribution in [2.75, 3.05) is 6.61 Å². The number of carbonyl (C=O) groups excluding carboxylic acids is 1. The van der Waals surface area contributed by atoms with Crippen LogP contribution in [0, 0.1) is 0 Å². The minimum atomic E-state index is -4.57. The SMILES string of the molecule is O=C([O-])C(OCC(F)(F)F)c1ccccc1. The molecule has 1 aromatic rings. The predicted molar refractivity (Wildman–Crippen MR) is 46.2 cm³/mol. The van der Waals surface area contributed by atoms with Crippen molar-refractivity contribution in [1.29, 1.82) is 0 Å². The van der Waals surface area contributed by atoms with E-state index >= 15 is 0 Å². The number of benzene rings is 1. The van der Waals surface area contributed by atoms with Crippen LogP contribution in [0.1, 0.15) is 11.7 Å². The van der Waals surface area contributed by atoms with Crippen LogP contribution in [0.4, 0.5) is 13.2 Å². The van der Waals surface area contributed by atoms with E-state index in [2.05, 4.69) is 4.74 Å². The fourth-order valence-electron chi connectivity index (χ4n) is 1.11. The Morgan fingerprint density at radius 3 is 2.31 bits per heavy atom. The first-order valence-corrected chi connectivity index (χ1v) is 4.34. The lowest BCUT2D eigenvalue weighted by atomic mass is 10.1. The van der Waals surface area contributed by atoms with Crippen molar-refractivity contribution in [3.8, 4) is 0 Å². The zero-order valence-electron chi connectivity index (χ0n) is 8.03. The summed E-state index contributed by atoms with van der Waals surface area (Å²) in [5.74, 6) is -1.70. The smallest absolute Gasteiger partial charge is 0.411 e. The molecule has 0 radical (unpaired) electrons. The number of alkyl halides is 3. The number of carbonyl (C=O) groups is 1. The van der Waals surface area contributed by atoms with Gasteiger partial charge in [-0.3, -0.25) is 0 Å². The molecule has 1 aromatic carbocycles. The molecule has 1 atom stereocenters. The Bertz CT molecular complexity index is 348. The van der Waals surface area contributed by atoms with Crippen LogP contribution in [0.2, 0.25) is 0 Å². The topological polar surface area (TPSA) is 49.4 Å². The largest absolute Gasteiger partial charge is 0.547 e. The van der Waals surface area contributed by atoms with Gasteiger partial charge in [0.15, 0.2) is 0 Å². The van der Waals surface area contributed by atoms with E-state index in [-0.39, 0.29) is 5.56 Å². The number of halogens is 3. The Labute approximate surface area is 89.5 Å². The lowest BCUT2D eigenvalue weighted by molar-refractivity contribution is -0.320. The molecule has 6 heteroatoms. The summed E-state index contributed by atoms with van der Waals surface area (Å²) in [6.45, 7) is -1.62. The summed E-state index contributed by atoms with van der Waals surface area (Å²) in [5, 5.41) is 10.6. The minimum Gasteiger partial charge on any atom is -0.547 e. The van der Waals surface area contributed by atoms with Gasteiger partial charge in [0.1, 0.15) is 12.7 Å². The van der Waals surface area contributed by atoms with E-state index in [1.165, 1.54) is 24.3 Å². The molecule has 0 aromatic heterocycles. The van der Waals surface area contributed by atoms with Gasteiger partial charge in [-0.15, -0.1) is 0 Å². The molecule has 0 saturated carbocycles. The van der Waals surface area contributed by atoms with Crippen molar-refractivity contribution >= 4 is 5.97 Å². The Kier molecular flexibility index (Phi) is 3.89. The number of hydrogen-bond acceptors (Lipinski definition) is 3. The quantitative estimate of drug-likeness (QED) is 0.781. The fourth-order valence-corrected chi connectivity index (χ4v) is 1.11. The molecule has 0 N–H and O–H groups in total. The number of carboxylic acids is 1. The molecule has 0 bridgehead atoms. The molecule has 0 aliphatic carbocycles. The van der Waals surface area contributed by atoms with E-state index in [1.54, 1.807) is 6.07 Å². The van der Waals surface area contributed by atoms with E-state index in [0.29, 0.717) is 0 Å². The van der Waals surface area contributed by atoms with Crippen LogP contribution in [0.3, 0.4) is 0 Å². The minimum absolute atomic E-state index is 0.117. The number of carboxylic acid groups (broad SMARTS) is 1. The third-order valence-corrected chi connectivity index (χ3v) is 1.73. The summed E-state index contributed by atoms with van der Waals surface area (Å²) in [5.41, 5.74) is 0.117. The second-order valence-corrected chi connectivity index (χ2v) is 3.04. The van der Waals surface area contributed by atoms with Gasteiger partial charge in [-0.2, -0.15) is 13.2 Å². The summed E-state index contributed by atoms with van der Waals surface area (Å²) < 4.78 is 39.8. The van der Waals surface area contributed by atoms with E-state index in [9.17, 15) is 23.1 Å². The van der Waals surface area contributed by atoms with Crippen LogP contribution in [-0.2, 0) is 9.53 Å². The number of rotatable bonds is 4. The standard InChI is InChI=1S/C10H9F3O3/c11-10(12,13)6-16-8(9(14)15)7-4-2-1-3-5-7/h1-5,8H,6H2,(H,14,15)/p-1. The molecule has 3 nitrogen and oxygen atoms in total. The highest BCUT2D eigenvalue weighted by molar-refractivity contribution is 5.72. The van der Waals surface area contributed by atoms with Gasteiger partial charge in [-0.1, -0.05) is 30.3 Å². The molecule has 1 rings (SSSR count). The molecule has 0 saturated heterocycles. The summed E-state index contributed by atoms with van der Waals surface area (Å²) in [4.78, 5) is 10.6. The highest BCUT2D eigenvalue weighted by Gasteiger charge is 2.30. The highest BCUT2D eigenvalue weighted by atomic mass is 19.4. The fraction of sp³-hybridized carbons (Fsp3) is 0.300. The normalized spacial score (nSPS) is 13.4. The van der Waals surface area contributed by atoms with Crippen LogP contribution in [-0.4, -0.2) is 18.8 Å². The summed E-state index contributed by atoms with van der Waals surface area (Å²) >= 11 is 0. The number of hydrogen-bond donors (Lipinski definition) is 0. The van der Waals surface area contributed by atoms with Gasteiger partial charge in [0, 0.05) is 0 Å². The van der Waals surface area contributed by atoms with Gasteiger partial charge in [0.2, 0.25) is 0 Å². The molecule has 0 aliphatic rings. The maximum Gasteiger partial charge on any atom is 0.411 e. The molecule has 1 unspecified atom stereocenters. The zero-order valence-corrected chi connectivity index (χ0v) is 8.03. The average molecular weight is 233 g/mol. The van der Waals surface area contributed by atoms with Gasteiger partial charge < -0.3 is 14.6 Å². The van der Waals surface area contributed by atoms with E-state index in [0.717, 1.165) is 0 Å². The lowest BCUT2D eigenvalue weighted by Crippen LogP contribution is -2.33. The van der Waals surface area contributed by atoms with Crippen molar-refractivity contribution in [1.82, 2.24) is 0 Å². The molecular weight excluding hydrogens is 225 g/mol. The van der Waals surface area contributed by atoms with Crippen molar-refractivity contribution < 1.29 is 27.8 Å². The molecule has 0 heterocycles. The van der Waals surface area contributed by atoms with Crippen LogP contribution in [0.25, 0.3) is 0 Å². The van der Waals surface area contributed by atoms with Crippen LogP contribution in [0.5, 0.6) is 0 Å². The van der Waals surface area contributed by atoms with Gasteiger partial charge in [0.05, 0.1) is 5.97 Å². The second-order valence-electron chi connectivity index (χ2n) is 3.04. The molecule has 0 spiro atoms. The molecule has 88 valence electrons. The van der Waals surface area contributed by atoms with E-state index in [1.807, 2.05) is 0 Å². The lowest BCUT2D eigenvalue weighted by Gasteiger charge is -2.20. The van der Waals surface area contributed by atoms with Crippen molar-refractivity contribution in [3.05, 3.63) is 35.9 Å². The third kappa shape index (κ3) is 3.90. The van der Waals surface area contributed by atoms with Crippen molar-refractivity contribution in [2.45, 2.75) is 12.3 Å². The highest BCUT2D eigenvalue weighted by Crippen LogP contribution is 2.21. The molecule has 0 aliphatic heterocycles. The first kappa shape index (κ1) is 12.5. The van der Waals surface area contributed by atoms with E-state index < -0.39 is 24.9 Å².